The van der Waals surface area contributed by atoms with Crippen molar-refractivity contribution in [3.8, 4) is 0 Å². The van der Waals surface area contributed by atoms with Gasteiger partial charge in [-0.1, -0.05) is 17.7 Å². The van der Waals surface area contributed by atoms with E-state index in [1.54, 1.807) is 0 Å². The van der Waals surface area contributed by atoms with Crippen LogP contribution in [-0.2, 0) is 0 Å². The maximum atomic E-state index is 13.7. The summed E-state index contributed by atoms with van der Waals surface area (Å²) in [5.41, 5.74) is 5.31. The van der Waals surface area contributed by atoms with Gasteiger partial charge < -0.3 is 5.73 Å². The average molecular weight is 299 g/mol. The molecule has 4 nitrogen and oxygen atoms in total. The topological polar surface area (TPSA) is 69.2 Å². The van der Waals surface area contributed by atoms with Crippen LogP contribution in [0, 0.1) is 21.7 Å². The van der Waals surface area contributed by atoms with Gasteiger partial charge in [0.2, 0.25) is 0 Å². The lowest BCUT2D eigenvalue weighted by Crippen LogP contribution is -2.16. The Labute approximate surface area is 117 Å². The largest absolute Gasteiger partial charge is 0.320 e. The zero-order chi connectivity index (χ0) is 14.9. The maximum Gasteiger partial charge on any atom is 0.271 e. The van der Waals surface area contributed by atoms with E-state index in [9.17, 15) is 18.9 Å². The van der Waals surface area contributed by atoms with Gasteiger partial charge >= 0.3 is 0 Å². The minimum atomic E-state index is -1.19. The van der Waals surface area contributed by atoms with Gasteiger partial charge in [-0.15, -0.1) is 0 Å². The lowest BCUT2D eigenvalue weighted by molar-refractivity contribution is -0.384. The second kappa shape index (κ2) is 5.52. The summed E-state index contributed by atoms with van der Waals surface area (Å²) < 4.78 is 27.3. The highest BCUT2D eigenvalue weighted by Gasteiger charge is 2.20. The van der Waals surface area contributed by atoms with E-state index >= 15 is 0 Å². The fourth-order valence-electron chi connectivity index (χ4n) is 1.86. The average Bonchev–Trinajstić information content (AvgIpc) is 2.37. The van der Waals surface area contributed by atoms with Crippen molar-refractivity contribution >= 4 is 17.3 Å². The van der Waals surface area contributed by atoms with E-state index in [-0.39, 0.29) is 21.8 Å². The third-order valence-corrected chi connectivity index (χ3v) is 3.00. The Morgan fingerprint density at radius 2 is 1.80 bits per heavy atom. The summed E-state index contributed by atoms with van der Waals surface area (Å²) in [6.07, 6.45) is 0. The van der Waals surface area contributed by atoms with Gasteiger partial charge in [0.15, 0.2) is 0 Å². The first-order valence-electron chi connectivity index (χ1n) is 5.54. The molecule has 7 heteroatoms. The van der Waals surface area contributed by atoms with Crippen LogP contribution in [0.5, 0.6) is 0 Å². The zero-order valence-corrected chi connectivity index (χ0v) is 10.8. The molecule has 2 rings (SSSR count). The molecule has 2 aromatic rings. The first-order chi connectivity index (χ1) is 9.40. The van der Waals surface area contributed by atoms with Crippen LogP contribution < -0.4 is 5.73 Å². The fraction of sp³-hybridized carbons (Fsp3) is 0.0769. The smallest absolute Gasteiger partial charge is 0.271 e. The molecule has 0 spiro atoms. The molecular formula is C13H9ClF2N2O2. The molecule has 0 saturated carbocycles. The summed E-state index contributed by atoms with van der Waals surface area (Å²) in [6.45, 7) is 0. The zero-order valence-electron chi connectivity index (χ0n) is 10.0. The van der Waals surface area contributed by atoms with Crippen LogP contribution in [0.1, 0.15) is 17.2 Å². The van der Waals surface area contributed by atoms with Gasteiger partial charge in [-0.3, -0.25) is 10.1 Å². The van der Waals surface area contributed by atoms with Crippen LogP contribution >= 0.6 is 11.6 Å². The standard InChI is InChI=1S/C13H9ClF2N2O2/c14-8-4-7(5-9(6-8)18(19)20)13(17)12-10(15)2-1-3-11(12)16/h1-6,13H,17H2. The van der Waals surface area contributed by atoms with Gasteiger partial charge in [-0.05, 0) is 23.8 Å². The number of halogens is 3. The highest BCUT2D eigenvalue weighted by Crippen LogP contribution is 2.29. The Balaban J connectivity index is 2.53. The molecule has 0 bridgehead atoms. The molecular weight excluding hydrogens is 290 g/mol. The van der Waals surface area contributed by atoms with Crippen molar-refractivity contribution < 1.29 is 13.7 Å². The van der Waals surface area contributed by atoms with E-state index < -0.39 is 22.6 Å². The Morgan fingerprint density at radius 3 is 2.35 bits per heavy atom. The third kappa shape index (κ3) is 2.76. The summed E-state index contributed by atoms with van der Waals surface area (Å²) in [7, 11) is 0. The molecule has 104 valence electrons. The highest BCUT2D eigenvalue weighted by atomic mass is 35.5. The molecule has 1 atom stereocenters. The van der Waals surface area contributed by atoms with Crippen molar-refractivity contribution in [1.82, 2.24) is 0 Å². The molecule has 0 amide bonds. The van der Waals surface area contributed by atoms with Crippen molar-refractivity contribution in [1.29, 1.82) is 0 Å². The van der Waals surface area contributed by atoms with Crippen molar-refractivity contribution in [2.75, 3.05) is 0 Å². The Morgan fingerprint density at radius 1 is 1.20 bits per heavy atom. The molecule has 20 heavy (non-hydrogen) atoms. The van der Waals surface area contributed by atoms with Gasteiger partial charge in [-0.2, -0.15) is 0 Å². The Hall–Kier alpha value is -2.05. The van der Waals surface area contributed by atoms with E-state index in [2.05, 4.69) is 0 Å². The Bertz CT molecular complexity index is 659. The molecule has 0 heterocycles. The number of non-ortho nitro benzene ring substituents is 1. The van der Waals surface area contributed by atoms with Crippen molar-refractivity contribution in [3.63, 3.8) is 0 Å². The van der Waals surface area contributed by atoms with E-state index in [0.717, 1.165) is 24.3 Å². The van der Waals surface area contributed by atoms with Gasteiger partial charge in [0.05, 0.1) is 11.0 Å². The number of nitro benzene ring substituents is 1. The van der Waals surface area contributed by atoms with E-state index in [4.69, 9.17) is 17.3 Å². The van der Waals surface area contributed by atoms with E-state index in [1.165, 1.54) is 12.1 Å². The minimum Gasteiger partial charge on any atom is -0.320 e. The van der Waals surface area contributed by atoms with Crippen LogP contribution in [0.25, 0.3) is 0 Å². The number of hydrogen-bond acceptors (Lipinski definition) is 3. The lowest BCUT2D eigenvalue weighted by Gasteiger charge is -2.14. The highest BCUT2D eigenvalue weighted by molar-refractivity contribution is 6.30. The first kappa shape index (κ1) is 14.4. The second-order valence-corrected chi connectivity index (χ2v) is 4.55. The molecule has 0 saturated heterocycles. The predicted molar refractivity (Wildman–Crippen MR) is 70.5 cm³/mol. The third-order valence-electron chi connectivity index (χ3n) is 2.79. The second-order valence-electron chi connectivity index (χ2n) is 4.11. The summed E-state index contributed by atoms with van der Waals surface area (Å²) in [5.74, 6) is -1.64. The van der Waals surface area contributed by atoms with Crippen LogP contribution in [0.15, 0.2) is 36.4 Å². The summed E-state index contributed by atoms with van der Waals surface area (Å²) in [5, 5.41) is 10.8. The molecule has 0 aromatic heterocycles. The van der Waals surface area contributed by atoms with Crippen LogP contribution in [0.3, 0.4) is 0 Å². The number of nitrogens with zero attached hydrogens (tertiary/aromatic N) is 1. The number of nitro groups is 1. The van der Waals surface area contributed by atoms with E-state index in [0.29, 0.717) is 0 Å². The molecule has 0 fully saturated rings. The van der Waals surface area contributed by atoms with Gasteiger partial charge in [-0.25, -0.2) is 8.78 Å². The monoisotopic (exact) mass is 298 g/mol. The molecule has 1 unspecified atom stereocenters. The maximum absolute atomic E-state index is 13.7. The number of benzene rings is 2. The molecule has 0 aliphatic rings. The SMILES string of the molecule is NC(c1cc(Cl)cc([N+](=O)[O-])c1)c1c(F)cccc1F. The molecule has 2 aromatic carbocycles. The molecule has 2 N–H and O–H groups in total. The Kier molecular flexibility index (Phi) is 3.96. The summed E-state index contributed by atoms with van der Waals surface area (Å²) >= 11 is 5.76. The number of rotatable bonds is 3. The molecule has 0 aliphatic carbocycles. The normalized spacial score (nSPS) is 12.2. The summed E-state index contributed by atoms with van der Waals surface area (Å²) in [4.78, 5) is 10.1. The van der Waals surface area contributed by atoms with Crippen LogP contribution in [-0.4, -0.2) is 4.92 Å². The quantitative estimate of drug-likeness (QED) is 0.695. The van der Waals surface area contributed by atoms with Crippen molar-refractivity contribution in [3.05, 3.63) is 74.3 Å². The number of hydrogen-bond donors (Lipinski definition) is 1. The predicted octanol–water partition coefficient (Wildman–Crippen LogP) is 3.57. The minimum absolute atomic E-state index is 0.0707. The van der Waals surface area contributed by atoms with Gasteiger partial charge in [0.25, 0.3) is 5.69 Å². The van der Waals surface area contributed by atoms with Crippen molar-refractivity contribution in [2.24, 2.45) is 5.73 Å². The first-order valence-corrected chi connectivity index (χ1v) is 5.92. The van der Waals surface area contributed by atoms with Gasteiger partial charge in [0.1, 0.15) is 11.6 Å². The lowest BCUT2D eigenvalue weighted by atomic mass is 9.98. The van der Waals surface area contributed by atoms with Crippen LogP contribution in [0.4, 0.5) is 14.5 Å². The fourth-order valence-corrected chi connectivity index (χ4v) is 2.09. The van der Waals surface area contributed by atoms with Gasteiger partial charge in [0, 0.05) is 22.7 Å². The van der Waals surface area contributed by atoms with E-state index in [1.807, 2.05) is 0 Å². The van der Waals surface area contributed by atoms with Crippen molar-refractivity contribution in [2.45, 2.75) is 6.04 Å². The summed E-state index contributed by atoms with van der Waals surface area (Å²) in [6, 6.07) is 5.77. The number of nitrogens with two attached hydrogens (primary N) is 1. The molecule has 0 aliphatic heterocycles. The van der Waals surface area contributed by atoms with Crippen LogP contribution in [0.2, 0.25) is 5.02 Å². The molecule has 0 radical (unpaired) electrons.